The minimum Gasteiger partial charge on any atom is -0.376 e. The third kappa shape index (κ3) is 3.67. The Morgan fingerprint density at radius 2 is 2.11 bits per heavy atom. The molecule has 0 saturated heterocycles. The summed E-state index contributed by atoms with van der Waals surface area (Å²) in [5.74, 6) is -0.347. The highest BCUT2D eigenvalue weighted by Crippen LogP contribution is 2.25. The normalized spacial score (nSPS) is 11.6. The van der Waals surface area contributed by atoms with Gasteiger partial charge in [-0.1, -0.05) is 32.4 Å². The van der Waals surface area contributed by atoms with E-state index < -0.39 is 0 Å². The van der Waals surface area contributed by atoms with Crippen LogP contribution in [0.1, 0.15) is 31.5 Å². The summed E-state index contributed by atoms with van der Waals surface area (Å²) in [7, 11) is 0. The molecule has 0 unspecified atom stereocenters. The van der Waals surface area contributed by atoms with Crippen LogP contribution in [0.15, 0.2) is 23.6 Å². The Kier molecular flexibility index (Phi) is 4.11. The Balaban J connectivity index is 2.04. The number of halogens is 2. The van der Waals surface area contributed by atoms with Gasteiger partial charge in [0.1, 0.15) is 10.8 Å². The summed E-state index contributed by atoms with van der Waals surface area (Å²) < 4.78 is 13.6. The lowest BCUT2D eigenvalue weighted by molar-refractivity contribution is 0.571. The summed E-state index contributed by atoms with van der Waals surface area (Å²) >= 11 is 7.29. The van der Waals surface area contributed by atoms with Gasteiger partial charge in [-0.25, -0.2) is 9.37 Å². The number of anilines is 1. The van der Waals surface area contributed by atoms with E-state index in [-0.39, 0.29) is 11.2 Å². The zero-order valence-corrected chi connectivity index (χ0v) is 12.7. The summed E-state index contributed by atoms with van der Waals surface area (Å²) in [6.07, 6.45) is 0. The number of thiazole rings is 1. The maximum absolute atomic E-state index is 13.6. The number of nitrogens with one attached hydrogen (secondary N) is 1. The first-order valence-electron chi connectivity index (χ1n) is 6.00. The highest BCUT2D eigenvalue weighted by Gasteiger charge is 2.17. The van der Waals surface area contributed by atoms with Gasteiger partial charge < -0.3 is 5.32 Å². The van der Waals surface area contributed by atoms with Crippen molar-refractivity contribution in [1.82, 2.24) is 4.98 Å². The number of benzene rings is 1. The van der Waals surface area contributed by atoms with Crippen LogP contribution in [0.25, 0.3) is 0 Å². The summed E-state index contributed by atoms with van der Waals surface area (Å²) in [4.78, 5) is 4.55. The largest absolute Gasteiger partial charge is 0.376 e. The second kappa shape index (κ2) is 5.47. The monoisotopic (exact) mass is 298 g/mol. The van der Waals surface area contributed by atoms with Crippen LogP contribution in [-0.2, 0) is 12.0 Å². The Hall–Kier alpha value is -1.13. The van der Waals surface area contributed by atoms with E-state index in [1.807, 2.05) is 0 Å². The quantitative estimate of drug-likeness (QED) is 0.876. The van der Waals surface area contributed by atoms with E-state index in [1.165, 1.54) is 6.07 Å². The second-order valence-electron chi connectivity index (χ2n) is 5.35. The molecule has 1 heterocycles. The Labute approximate surface area is 121 Å². The molecule has 0 bridgehead atoms. The second-order valence-corrected chi connectivity index (χ2v) is 6.73. The van der Waals surface area contributed by atoms with E-state index in [9.17, 15) is 4.39 Å². The Morgan fingerprint density at radius 3 is 2.68 bits per heavy atom. The van der Waals surface area contributed by atoms with Gasteiger partial charge in [0.15, 0.2) is 0 Å². The van der Waals surface area contributed by atoms with Crippen molar-refractivity contribution in [3.8, 4) is 0 Å². The van der Waals surface area contributed by atoms with Crippen LogP contribution in [-0.4, -0.2) is 4.98 Å². The van der Waals surface area contributed by atoms with Crippen LogP contribution < -0.4 is 5.32 Å². The lowest BCUT2D eigenvalue weighted by Gasteiger charge is -2.14. The van der Waals surface area contributed by atoms with E-state index in [0.717, 1.165) is 10.7 Å². The number of rotatable bonds is 3. The molecule has 0 aliphatic rings. The lowest BCUT2D eigenvalue weighted by atomic mass is 9.93. The van der Waals surface area contributed by atoms with Crippen LogP contribution in [0.5, 0.6) is 0 Å². The fourth-order valence-corrected chi connectivity index (χ4v) is 2.66. The molecule has 0 saturated carbocycles. The highest BCUT2D eigenvalue weighted by molar-refractivity contribution is 7.09. The zero-order valence-electron chi connectivity index (χ0n) is 11.1. The maximum atomic E-state index is 13.6. The molecule has 0 spiro atoms. The number of hydrogen-bond donors (Lipinski definition) is 1. The standard InChI is InChI=1S/C14H16ClFN2S/c1-14(2,3)12-8-19-13(18-12)7-17-11-5-4-9(15)6-10(11)16/h4-6,8,17H,7H2,1-3H3. The van der Waals surface area contributed by atoms with E-state index in [0.29, 0.717) is 17.3 Å². The smallest absolute Gasteiger partial charge is 0.147 e. The van der Waals surface area contributed by atoms with Gasteiger partial charge in [-0.15, -0.1) is 11.3 Å². The van der Waals surface area contributed by atoms with Gasteiger partial charge in [0.25, 0.3) is 0 Å². The molecule has 5 heteroatoms. The van der Waals surface area contributed by atoms with Crippen molar-refractivity contribution < 1.29 is 4.39 Å². The van der Waals surface area contributed by atoms with Gasteiger partial charge in [0.2, 0.25) is 0 Å². The van der Waals surface area contributed by atoms with Gasteiger partial charge in [0, 0.05) is 15.8 Å². The highest BCUT2D eigenvalue weighted by atomic mass is 35.5. The van der Waals surface area contributed by atoms with Crippen molar-refractivity contribution >= 4 is 28.6 Å². The van der Waals surface area contributed by atoms with Crippen molar-refractivity contribution in [1.29, 1.82) is 0 Å². The number of aromatic nitrogens is 1. The predicted molar refractivity (Wildman–Crippen MR) is 79.6 cm³/mol. The van der Waals surface area contributed by atoms with Crippen LogP contribution in [0.4, 0.5) is 10.1 Å². The molecule has 2 rings (SSSR count). The van der Waals surface area contributed by atoms with Crippen molar-refractivity contribution in [2.24, 2.45) is 0 Å². The molecule has 0 amide bonds. The van der Waals surface area contributed by atoms with Gasteiger partial charge in [-0.3, -0.25) is 0 Å². The number of hydrogen-bond acceptors (Lipinski definition) is 3. The lowest BCUT2D eigenvalue weighted by Crippen LogP contribution is -2.12. The van der Waals surface area contributed by atoms with E-state index in [4.69, 9.17) is 11.6 Å². The first kappa shape index (κ1) is 14.3. The summed E-state index contributed by atoms with van der Waals surface area (Å²) in [5, 5.41) is 6.43. The first-order chi connectivity index (χ1) is 8.86. The molecule has 0 atom stereocenters. The SMILES string of the molecule is CC(C)(C)c1csc(CNc2ccc(Cl)cc2F)n1. The minimum absolute atomic E-state index is 0.0419. The van der Waals surface area contributed by atoms with E-state index in [1.54, 1.807) is 23.5 Å². The van der Waals surface area contributed by atoms with Crippen LogP contribution in [0.2, 0.25) is 5.02 Å². The van der Waals surface area contributed by atoms with Crippen LogP contribution in [0.3, 0.4) is 0 Å². The maximum Gasteiger partial charge on any atom is 0.147 e. The molecule has 2 aromatic rings. The molecule has 1 aromatic heterocycles. The van der Waals surface area contributed by atoms with Gasteiger partial charge in [-0.2, -0.15) is 0 Å². The van der Waals surface area contributed by atoms with E-state index in [2.05, 4.69) is 36.5 Å². The third-order valence-electron chi connectivity index (χ3n) is 2.68. The topological polar surface area (TPSA) is 24.9 Å². The third-order valence-corrected chi connectivity index (χ3v) is 3.77. The molecular formula is C14H16ClFN2S. The number of nitrogens with zero attached hydrogens (tertiary/aromatic N) is 1. The Morgan fingerprint density at radius 1 is 1.37 bits per heavy atom. The predicted octanol–water partition coefficient (Wildman–Crippen LogP) is 4.85. The van der Waals surface area contributed by atoms with Crippen molar-refractivity contribution in [2.45, 2.75) is 32.7 Å². The molecule has 2 nitrogen and oxygen atoms in total. The van der Waals surface area contributed by atoms with Crippen LogP contribution >= 0.6 is 22.9 Å². The molecule has 0 aliphatic carbocycles. The molecule has 0 aliphatic heterocycles. The van der Waals surface area contributed by atoms with Crippen molar-refractivity contribution in [2.75, 3.05) is 5.32 Å². The molecule has 102 valence electrons. The first-order valence-corrected chi connectivity index (χ1v) is 7.26. The summed E-state index contributed by atoms with van der Waals surface area (Å²) in [6, 6.07) is 4.59. The summed E-state index contributed by atoms with van der Waals surface area (Å²) in [5.41, 5.74) is 1.54. The van der Waals surface area contributed by atoms with E-state index >= 15 is 0 Å². The van der Waals surface area contributed by atoms with Crippen molar-refractivity contribution in [3.63, 3.8) is 0 Å². The minimum atomic E-state index is -0.347. The van der Waals surface area contributed by atoms with Gasteiger partial charge in [0.05, 0.1) is 17.9 Å². The summed E-state index contributed by atoms with van der Waals surface area (Å²) in [6.45, 7) is 6.88. The molecule has 0 radical (unpaired) electrons. The molecule has 1 N–H and O–H groups in total. The zero-order chi connectivity index (χ0) is 14.0. The Bertz CT molecular complexity index is 575. The molecule has 19 heavy (non-hydrogen) atoms. The molecule has 1 aromatic carbocycles. The molecular weight excluding hydrogens is 283 g/mol. The van der Waals surface area contributed by atoms with Gasteiger partial charge >= 0.3 is 0 Å². The van der Waals surface area contributed by atoms with Crippen molar-refractivity contribution in [3.05, 3.63) is 45.1 Å². The average Bonchev–Trinajstić information content (AvgIpc) is 2.76. The average molecular weight is 299 g/mol. The van der Waals surface area contributed by atoms with Gasteiger partial charge in [-0.05, 0) is 18.2 Å². The fourth-order valence-electron chi connectivity index (χ4n) is 1.54. The molecule has 0 fully saturated rings. The van der Waals surface area contributed by atoms with Crippen LogP contribution in [0, 0.1) is 5.82 Å². The fraction of sp³-hybridized carbons (Fsp3) is 0.357.